The van der Waals surface area contributed by atoms with Crippen LogP contribution in [-0.2, 0) is 0 Å². The van der Waals surface area contributed by atoms with Gasteiger partial charge in [0, 0.05) is 23.0 Å². The van der Waals surface area contributed by atoms with Gasteiger partial charge in [0.05, 0.1) is 11.7 Å². The minimum absolute atomic E-state index is 0.241. The number of nitrogens with zero attached hydrogens (tertiary/aromatic N) is 2. The van der Waals surface area contributed by atoms with Crippen LogP contribution in [-0.4, -0.2) is 15.7 Å². The van der Waals surface area contributed by atoms with E-state index in [2.05, 4.69) is 10.4 Å². The molecule has 122 valence electrons. The predicted molar refractivity (Wildman–Crippen MR) is 90.6 cm³/mol. The highest BCUT2D eigenvalue weighted by Gasteiger charge is 2.14. The molecule has 1 unspecified atom stereocenters. The third kappa shape index (κ3) is 3.20. The summed E-state index contributed by atoms with van der Waals surface area (Å²) in [5, 5.41) is 7.05. The number of carbonyl (C=O) groups is 1. The fraction of sp³-hybridized carbons (Fsp3) is 0.158. The van der Waals surface area contributed by atoms with Crippen molar-refractivity contribution in [1.82, 2.24) is 15.1 Å². The van der Waals surface area contributed by atoms with Crippen LogP contribution in [0.5, 0.6) is 0 Å². The summed E-state index contributed by atoms with van der Waals surface area (Å²) in [6.07, 6.45) is 1.73. The van der Waals surface area contributed by atoms with Crippen LogP contribution in [0.15, 0.2) is 60.8 Å². The first-order valence-corrected chi connectivity index (χ1v) is 7.72. The minimum Gasteiger partial charge on any atom is -0.345 e. The largest absolute Gasteiger partial charge is 0.345 e. The zero-order valence-electron chi connectivity index (χ0n) is 13.5. The van der Waals surface area contributed by atoms with E-state index in [4.69, 9.17) is 0 Å². The number of amides is 1. The smallest absolute Gasteiger partial charge is 0.251 e. The third-order valence-corrected chi connectivity index (χ3v) is 3.93. The van der Waals surface area contributed by atoms with E-state index in [1.165, 1.54) is 6.07 Å². The maximum atomic E-state index is 13.8. The summed E-state index contributed by atoms with van der Waals surface area (Å²) < 4.78 is 15.6. The molecule has 1 amide bonds. The number of aryl methyl sites for hydroxylation is 1. The molecule has 1 aromatic heterocycles. The quantitative estimate of drug-likeness (QED) is 0.793. The summed E-state index contributed by atoms with van der Waals surface area (Å²) in [4.78, 5) is 12.3. The van der Waals surface area contributed by atoms with Crippen LogP contribution in [0.25, 0.3) is 5.69 Å². The molecule has 1 atom stereocenters. The molecule has 24 heavy (non-hydrogen) atoms. The Kier molecular flexibility index (Phi) is 4.42. The second kappa shape index (κ2) is 6.66. The Balaban J connectivity index is 1.74. The fourth-order valence-electron chi connectivity index (χ4n) is 2.58. The predicted octanol–water partition coefficient (Wildman–Crippen LogP) is 3.81. The zero-order chi connectivity index (χ0) is 17.1. The van der Waals surface area contributed by atoms with Gasteiger partial charge in [0.25, 0.3) is 5.91 Å². The normalized spacial score (nSPS) is 12.0. The van der Waals surface area contributed by atoms with Crippen LogP contribution in [0.3, 0.4) is 0 Å². The molecule has 1 heterocycles. The molecule has 1 N–H and O–H groups in total. The molecule has 3 aromatic rings. The highest BCUT2D eigenvalue weighted by atomic mass is 19.1. The van der Waals surface area contributed by atoms with Crippen molar-refractivity contribution in [2.24, 2.45) is 0 Å². The van der Waals surface area contributed by atoms with Crippen LogP contribution < -0.4 is 5.32 Å². The summed E-state index contributed by atoms with van der Waals surface area (Å²) in [5.74, 6) is -0.565. The van der Waals surface area contributed by atoms with Gasteiger partial charge in [0.15, 0.2) is 0 Å². The Bertz CT molecular complexity index is 855. The first kappa shape index (κ1) is 15.9. The average Bonchev–Trinajstić information content (AvgIpc) is 3.01. The molecule has 0 aliphatic rings. The molecule has 3 rings (SSSR count). The van der Waals surface area contributed by atoms with Crippen molar-refractivity contribution in [3.63, 3.8) is 0 Å². The second-order valence-electron chi connectivity index (χ2n) is 5.65. The van der Waals surface area contributed by atoms with Gasteiger partial charge in [-0.25, -0.2) is 9.07 Å². The number of aromatic nitrogens is 2. The Morgan fingerprint density at radius 3 is 2.46 bits per heavy atom. The Labute approximate surface area is 139 Å². The number of rotatable bonds is 4. The van der Waals surface area contributed by atoms with Gasteiger partial charge in [-0.05, 0) is 50.2 Å². The van der Waals surface area contributed by atoms with Crippen LogP contribution in [0.4, 0.5) is 4.39 Å². The average molecular weight is 323 g/mol. The van der Waals surface area contributed by atoms with Crippen molar-refractivity contribution in [3.05, 3.63) is 83.4 Å². The molecule has 4 nitrogen and oxygen atoms in total. The standard InChI is InChI=1S/C19H18FN3O/c1-13-11-12-21-23(13)16-9-7-15(8-10-16)19(24)22-14(2)17-5-3-4-6-18(17)20/h3-12,14H,1-2H3,(H,22,24). The lowest BCUT2D eigenvalue weighted by Gasteiger charge is -2.15. The van der Waals surface area contributed by atoms with Crippen LogP contribution in [0.1, 0.15) is 34.6 Å². The number of halogens is 1. The topological polar surface area (TPSA) is 46.9 Å². The molecule has 0 saturated carbocycles. The van der Waals surface area contributed by atoms with Crippen molar-refractivity contribution in [3.8, 4) is 5.69 Å². The summed E-state index contributed by atoms with van der Waals surface area (Å²) >= 11 is 0. The fourth-order valence-corrected chi connectivity index (χ4v) is 2.58. The molecule has 0 fully saturated rings. The number of hydrogen-bond donors (Lipinski definition) is 1. The summed E-state index contributed by atoms with van der Waals surface area (Å²) in [7, 11) is 0. The van der Waals surface area contributed by atoms with E-state index in [0.717, 1.165) is 11.4 Å². The Morgan fingerprint density at radius 2 is 1.83 bits per heavy atom. The molecule has 0 bridgehead atoms. The first-order chi connectivity index (χ1) is 11.6. The number of hydrogen-bond acceptors (Lipinski definition) is 2. The van der Waals surface area contributed by atoms with Crippen molar-refractivity contribution < 1.29 is 9.18 Å². The van der Waals surface area contributed by atoms with E-state index in [-0.39, 0.29) is 11.7 Å². The number of carbonyl (C=O) groups excluding carboxylic acids is 1. The number of nitrogens with one attached hydrogen (secondary N) is 1. The van der Waals surface area contributed by atoms with Gasteiger partial charge in [0.2, 0.25) is 0 Å². The van der Waals surface area contributed by atoms with E-state index in [1.54, 1.807) is 48.1 Å². The summed E-state index contributed by atoms with van der Waals surface area (Å²) in [6.45, 7) is 3.72. The lowest BCUT2D eigenvalue weighted by Crippen LogP contribution is -2.27. The Hall–Kier alpha value is -2.95. The molecule has 0 aliphatic heterocycles. The lowest BCUT2D eigenvalue weighted by molar-refractivity contribution is 0.0939. The molecular formula is C19H18FN3O. The molecule has 5 heteroatoms. The highest BCUT2D eigenvalue weighted by Crippen LogP contribution is 2.17. The van der Waals surface area contributed by atoms with Gasteiger partial charge in [-0.1, -0.05) is 18.2 Å². The van der Waals surface area contributed by atoms with Crippen LogP contribution in [0, 0.1) is 12.7 Å². The van der Waals surface area contributed by atoms with Gasteiger partial charge in [-0.15, -0.1) is 0 Å². The molecule has 0 spiro atoms. The monoisotopic (exact) mass is 323 g/mol. The zero-order valence-corrected chi connectivity index (χ0v) is 13.5. The summed E-state index contributed by atoms with van der Waals surface area (Å²) in [6, 6.07) is 15.1. The van der Waals surface area contributed by atoms with Gasteiger partial charge in [-0.3, -0.25) is 4.79 Å². The Morgan fingerprint density at radius 1 is 1.12 bits per heavy atom. The highest BCUT2D eigenvalue weighted by molar-refractivity contribution is 5.94. The summed E-state index contributed by atoms with van der Waals surface area (Å²) in [5.41, 5.74) is 2.89. The minimum atomic E-state index is -0.410. The van der Waals surface area contributed by atoms with E-state index in [1.807, 2.05) is 25.1 Å². The molecule has 0 saturated heterocycles. The number of benzene rings is 2. The van der Waals surface area contributed by atoms with Crippen molar-refractivity contribution in [2.75, 3.05) is 0 Å². The van der Waals surface area contributed by atoms with Crippen LogP contribution >= 0.6 is 0 Å². The molecule has 0 radical (unpaired) electrons. The van der Waals surface area contributed by atoms with Crippen LogP contribution in [0.2, 0.25) is 0 Å². The second-order valence-corrected chi connectivity index (χ2v) is 5.65. The maximum Gasteiger partial charge on any atom is 0.251 e. The van der Waals surface area contributed by atoms with E-state index in [0.29, 0.717) is 11.1 Å². The van der Waals surface area contributed by atoms with E-state index < -0.39 is 6.04 Å². The van der Waals surface area contributed by atoms with Gasteiger partial charge in [0.1, 0.15) is 5.82 Å². The van der Waals surface area contributed by atoms with E-state index in [9.17, 15) is 9.18 Å². The van der Waals surface area contributed by atoms with Gasteiger partial charge < -0.3 is 5.32 Å². The van der Waals surface area contributed by atoms with Crippen molar-refractivity contribution >= 4 is 5.91 Å². The molecule has 2 aromatic carbocycles. The van der Waals surface area contributed by atoms with Gasteiger partial charge in [-0.2, -0.15) is 5.10 Å². The molecular weight excluding hydrogens is 305 g/mol. The third-order valence-electron chi connectivity index (χ3n) is 3.93. The lowest BCUT2D eigenvalue weighted by atomic mass is 10.1. The molecule has 0 aliphatic carbocycles. The van der Waals surface area contributed by atoms with Gasteiger partial charge >= 0.3 is 0 Å². The van der Waals surface area contributed by atoms with Crippen molar-refractivity contribution in [2.45, 2.75) is 19.9 Å². The van der Waals surface area contributed by atoms with E-state index >= 15 is 0 Å². The van der Waals surface area contributed by atoms with Crippen molar-refractivity contribution in [1.29, 1.82) is 0 Å². The maximum absolute atomic E-state index is 13.8. The first-order valence-electron chi connectivity index (χ1n) is 7.72. The SMILES string of the molecule is Cc1ccnn1-c1ccc(C(=O)NC(C)c2ccccc2F)cc1.